The van der Waals surface area contributed by atoms with Gasteiger partial charge >= 0.3 is 5.97 Å². The number of carbonyl (C=O) groups excluding carboxylic acids is 2. The van der Waals surface area contributed by atoms with Crippen LogP contribution in [0.4, 0.5) is 0 Å². The van der Waals surface area contributed by atoms with Crippen molar-refractivity contribution in [2.24, 2.45) is 0 Å². The lowest BCUT2D eigenvalue weighted by Gasteiger charge is -2.22. The molecule has 3 rings (SSSR count). The summed E-state index contributed by atoms with van der Waals surface area (Å²) in [5.74, 6) is 0.627. The number of esters is 1. The molecule has 0 radical (unpaired) electrons. The third-order valence-corrected chi connectivity index (χ3v) is 3.80. The van der Waals surface area contributed by atoms with Gasteiger partial charge in [-0.2, -0.15) is 0 Å². The van der Waals surface area contributed by atoms with Gasteiger partial charge in [-0.15, -0.1) is 0 Å². The molecule has 0 saturated heterocycles. The molecule has 1 aromatic heterocycles. The van der Waals surface area contributed by atoms with E-state index in [9.17, 15) is 9.59 Å². The molecule has 1 aliphatic rings. The van der Waals surface area contributed by atoms with E-state index in [1.807, 2.05) is 6.07 Å². The predicted octanol–water partition coefficient (Wildman–Crippen LogP) is 1.82. The second-order valence-electron chi connectivity index (χ2n) is 5.82. The van der Waals surface area contributed by atoms with E-state index >= 15 is 0 Å². The third-order valence-electron chi connectivity index (χ3n) is 3.80. The van der Waals surface area contributed by atoms with Crippen LogP contribution in [0.25, 0.3) is 0 Å². The van der Waals surface area contributed by atoms with Crippen molar-refractivity contribution in [3.8, 4) is 11.5 Å². The van der Waals surface area contributed by atoms with Crippen LogP contribution >= 0.6 is 0 Å². The fraction of sp³-hybridized carbons (Fsp3) is 0.316. The summed E-state index contributed by atoms with van der Waals surface area (Å²) in [5, 5.41) is 2.69. The second-order valence-corrected chi connectivity index (χ2v) is 5.82. The molecule has 2 heterocycles. The first-order valence-electron chi connectivity index (χ1n) is 8.35. The Balaban J connectivity index is 1.74. The van der Waals surface area contributed by atoms with E-state index in [1.54, 1.807) is 36.5 Å². The topological polar surface area (TPSA) is 86.8 Å². The summed E-state index contributed by atoms with van der Waals surface area (Å²) in [4.78, 5) is 27.7. The number of fused-ring (bicyclic) bond motifs is 1. The van der Waals surface area contributed by atoms with Gasteiger partial charge in [0.15, 0.2) is 11.5 Å². The van der Waals surface area contributed by atoms with E-state index in [1.165, 1.54) is 6.92 Å². The minimum atomic E-state index is -0.633. The number of nitrogens with one attached hydrogen (secondary N) is 1. The minimum Gasteiger partial charge on any atom is -0.486 e. The molecule has 0 spiro atoms. The number of hydrogen-bond donors (Lipinski definition) is 1. The zero-order valence-corrected chi connectivity index (χ0v) is 14.4. The maximum absolute atomic E-state index is 12.3. The van der Waals surface area contributed by atoms with Gasteiger partial charge in [-0.3, -0.25) is 14.6 Å². The number of carbonyl (C=O) groups is 2. The average Bonchev–Trinajstić information content (AvgIpc) is 2.65. The number of aromatic nitrogens is 1. The summed E-state index contributed by atoms with van der Waals surface area (Å²) in [5.41, 5.74) is 1.34. The maximum atomic E-state index is 12.3. The maximum Gasteiger partial charge on any atom is 0.312 e. The van der Waals surface area contributed by atoms with Crippen molar-refractivity contribution in [1.29, 1.82) is 0 Å². The van der Waals surface area contributed by atoms with Crippen LogP contribution in [0.3, 0.4) is 0 Å². The molecule has 1 amide bonds. The van der Waals surface area contributed by atoms with E-state index in [4.69, 9.17) is 14.2 Å². The molecule has 1 atom stereocenters. The zero-order valence-electron chi connectivity index (χ0n) is 14.4. The van der Waals surface area contributed by atoms with Crippen molar-refractivity contribution in [2.75, 3.05) is 19.8 Å². The molecule has 1 aliphatic heterocycles. The summed E-state index contributed by atoms with van der Waals surface area (Å²) < 4.78 is 16.7. The van der Waals surface area contributed by atoms with Gasteiger partial charge in [-0.05, 0) is 29.8 Å². The predicted molar refractivity (Wildman–Crippen MR) is 92.9 cm³/mol. The Morgan fingerprint density at radius 2 is 2.00 bits per heavy atom. The Bertz CT molecular complexity index is 779. The van der Waals surface area contributed by atoms with Crippen molar-refractivity contribution in [1.82, 2.24) is 10.3 Å². The highest BCUT2D eigenvalue weighted by Crippen LogP contribution is 2.33. The average molecular weight is 356 g/mol. The molecular weight excluding hydrogens is 336 g/mol. The number of pyridine rings is 1. The fourth-order valence-corrected chi connectivity index (χ4v) is 2.58. The highest BCUT2D eigenvalue weighted by atomic mass is 16.6. The summed E-state index contributed by atoms with van der Waals surface area (Å²) >= 11 is 0. The number of rotatable bonds is 6. The van der Waals surface area contributed by atoms with Crippen LogP contribution in [0.15, 0.2) is 42.6 Å². The van der Waals surface area contributed by atoms with Crippen molar-refractivity contribution in [2.45, 2.75) is 19.4 Å². The van der Waals surface area contributed by atoms with Gasteiger partial charge in [0.1, 0.15) is 19.3 Å². The fourth-order valence-electron chi connectivity index (χ4n) is 2.58. The van der Waals surface area contributed by atoms with Crippen LogP contribution in [0.5, 0.6) is 11.5 Å². The SMILES string of the molecule is CC(=O)NCC(OC(=O)Cc1ccccn1)c1ccc2c(c1)OCCO2. The molecule has 26 heavy (non-hydrogen) atoms. The van der Waals surface area contributed by atoms with Gasteiger partial charge in [-0.1, -0.05) is 12.1 Å². The lowest BCUT2D eigenvalue weighted by Crippen LogP contribution is -2.29. The van der Waals surface area contributed by atoms with E-state index in [-0.39, 0.29) is 18.9 Å². The summed E-state index contributed by atoms with van der Waals surface area (Å²) in [6.07, 6.45) is 1.05. The van der Waals surface area contributed by atoms with E-state index in [0.29, 0.717) is 30.4 Å². The molecule has 0 saturated carbocycles. The monoisotopic (exact) mass is 356 g/mol. The zero-order chi connectivity index (χ0) is 18.4. The third kappa shape index (κ3) is 4.72. The van der Waals surface area contributed by atoms with Crippen molar-refractivity contribution < 1.29 is 23.8 Å². The Morgan fingerprint density at radius 1 is 1.19 bits per heavy atom. The lowest BCUT2D eigenvalue weighted by atomic mass is 10.1. The van der Waals surface area contributed by atoms with Gasteiger partial charge in [0.2, 0.25) is 5.91 Å². The van der Waals surface area contributed by atoms with Crippen molar-refractivity contribution in [3.63, 3.8) is 0 Å². The van der Waals surface area contributed by atoms with Crippen LogP contribution in [0.2, 0.25) is 0 Å². The van der Waals surface area contributed by atoms with E-state index < -0.39 is 12.1 Å². The number of benzene rings is 1. The largest absolute Gasteiger partial charge is 0.486 e. The van der Waals surface area contributed by atoms with Crippen LogP contribution in [-0.2, 0) is 20.7 Å². The first-order valence-corrected chi connectivity index (χ1v) is 8.35. The Hall–Kier alpha value is -3.09. The highest BCUT2D eigenvalue weighted by molar-refractivity contribution is 5.74. The molecule has 2 aromatic rings. The quantitative estimate of drug-likeness (QED) is 0.795. The normalized spacial score (nSPS) is 13.6. The van der Waals surface area contributed by atoms with Crippen LogP contribution in [-0.4, -0.2) is 36.6 Å². The smallest absolute Gasteiger partial charge is 0.312 e. The summed E-state index contributed by atoms with van der Waals surface area (Å²) in [6, 6.07) is 10.7. The molecular formula is C19H20N2O5. The molecule has 1 N–H and O–H groups in total. The first kappa shape index (κ1) is 17.7. The molecule has 1 unspecified atom stereocenters. The van der Waals surface area contributed by atoms with Crippen molar-refractivity contribution in [3.05, 3.63) is 53.9 Å². The molecule has 136 valence electrons. The van der Waals surface area contributed by atoms with Gasteiger partial charge in [0, 0.05) is 13.1 Å². The van der Waals surface area contributed by atoms with Crippen LogP contribution < -0.4 is 14.8 Å². The Kier molecular flexibility index (Phi) is 5.68. The molecule has 7 heteroatoms. The first-order chi connectivity index (χ1) is 12.6. The molecule has 0 aliphatic carbocycles. The van der Waals surface area contributed by atoms with E-state index in [0.717, 1.165) is 5.56 Å². The number of amides is 1. The number of ether oxygens (including phenoxy) is 3. The number of hydrogen-bond acceptors (Lipinski definition) is 6. The van der Waals surface area contributed by atoms with E-state index in [2.05, 4.69) is 10.3 Å². The number of nitrogens with zero attached hydrogens (tertiary/aromatic N) is 1. The molecule has 0 bridgehead atoms. The molecule has 1 aromatic carbocycles. The molecule has 0 fully saturated rings. The standard InChI is InChI=1S/C19H20N2O5/c1-13(22)21-12-18(26-19(23)11-15-4-2-3-7-20-15)14-5-6-16-17(10-14)25-9-8-24-16/h2-7,10,18H,8-9,11-12H2,1H3,(H,21,22). The highest BCUT2D eigenvalue weighted by Gasteiger charge is 2.21. The Labute approximate surface area is 151 Å². The lowest BCUT2D eigenvalue weighted by molar-refractivity contribution is -0.149. The van der Waals surface area contributed by atoms with Gasteiger partial charge in [0.25, 0.3) is 0 Å². The van der Waals surface area contributed by atoms with Gasteiger partial charge < -0.3 is 19.5 Å². The van der Waals surface area contributed by atoms with Gasteiger partial charge in [0.05, 0.1) is 18.7 Å². The second kappa shape index (κ2) is 8.33. The minimum absolute atomic E-state index is 0.0575. The summed E-state index contributed by atoms with van der Waals surface area (Å²) in [7, 11) is 0. The van der Waals surface area contributed by atoms with Crippen LogP contribution in [0, 0.1) is 0 Å². The van der Waals surface area contributed by atoms with Crippen molar-refractivity contribution >= 4 is 11.9 Å². The molecule has 7 nitrogen and oxygen atoms in total. The van der Waals surface area contributed by atoms with Gasteiger partial charge in [-0.25, -0.2) is 0 Å². The summed E-state index contributed by atoms with van der Waals surface area (Å²) in [6.45, 7) is 2.55. The van der Waals surface area contributed by atoms with Crippen LogP contribution in [0.1, 0.15) is 24.3 Å². The Morgan fingerprint density at radius 3 is 2.73 bits per heavy atom.